The number of nitrogens with zero attached hydrogens (tertiary/aromatic N) is 1. The summed E-state index contributed by atoms with van der Waals surface area (Å²) >= 11 is 1.40. The van der Waals surface area contributed by atoms with E-state index in [0.29, 0.717) is 22.6 Å². The minimum atomic E-state index is -0.334. The van der Waals surface area contributed by atoms with Crippen LogP contribution in [0.1, 0.15) is 41.3 Å². The molecule has 0 atom stereocenters. The van der Waals surface area contributed by atoms with Gasteiger partial charge in [0.1, 0.15) is 5.82 Å². The first kappa shape index (κ1) is 22.8. The molecule has 6 heteroatoms. The minimum Gasteiger partial charge on any atom is -0.352 e. The van der Waals surface area contributed by atoms with Gasteiger partial charge in [0, 0.05) is 22.6 Å². The number of carbonyl (C=O) groups is 2. The second-order valence-electron chi connectivity index (χ2n) is 7.79. The van der Waals surface area contributed by atoms with E-state index in [1.807, 2.05) is 42.5 Å². The van der Waals surface area contributed by atoms with E-state index in [4.69, 9.17) is 0 Å². The molecule has 0 fully saturated rings. The van der Waals surface area contributed by atoms with Crippen LogP contribution in [0, 0.1) is 5.82 Å². The van der Waals surface area contributed by atoms with E-state index in [9.17, 15) is 14.0 Å². The fourth-order valence-electron chi connectivity index (χ4n) is 3.58. The Morgan fingerprint density at radius 3 is 2.52 bits per heavy atom. The normalized spacial score (nSPS) is 14.3. The molecular formula is C27H25FN2O2S. The molecule has 1 N–H and O–H groups in total. The van der Waals surface area contributed by atoms with Crippen LogP contribution in [0.3, 0.4) is 0 Å². The molecule has 0 radical (unpaired) electrons. The summed E-state index contributed by atoms with van der Waals surface area (Å²) in [5.74, 6) is -0.613. The van der Waals surface area contributed by atoms with Gasteiger partial charge < -0.3 is 10.2 Å². The molecule has 0 spiro atoms. The van der Waals surface area contributed by atoms with Gasteiger partial charge in [-0.1, -0.05) is 67.6 Å². The van der Waals surface area contributed by atoms with Gasteiger partial charge >= 0.3 is 0 Å². The number of para-hydroxylation sites is 1. The van der Waals surface area contributed by atoms with Crippen molar-refractivity contribution >= 4 is 35.3 Å². The van der Waals surface area contributed by atoms with Crippen LogP contribution in [0.15, 0.2) is 82.6 Å². The van der Waals surface area contributed by atoms with E-state index >= 15 is 0 Å². The molecule has 4 rings (SSSR count). The van der Waals surface area contributed by atoms with Gasteiger partial charge in [0.05, 0.1) is 17.1 Å². The van der Waals surface area contributed by atoms with Gasteiger partial charge in [-0.15, -0.1) is 0 Å². The van der Waals surface area contributed by atoms with Crippen molar-refractivity contribution in [1.82, 2.24) is 5.32 Å². The van der Waals surface area contributed by atoms with Crippen LogP contribution in [-0.2, 0) is 11.3 Å². The highest BCUT2D eigenvalue weighted by Gasteiger charge is 2.29. The zero-order valence-corrected chi connectivity index (χ0v) is 19.2. The first-order chi connectivity index (χ1) is 16.1. The summed E-state index contributed by atoms with van der Waals surface area (Å²) < 4.78 is 14.3. The molecule has 1 heterocycles. The standard InChI is InChI=1S/C27H25FN2O2S/c1-2-3-16-29-26(31)20-14-12-19(13-15-20)17-25-27(32)30(18-21-8-4-5-9-22(21)28)23-10-6-7-11-24(23)33-25/h4-15,17H,2-3,16,18H2,1H3,(H,29,31)/b25-17-. The summed E-state index contributed by atoms with van der Waals surface area (Å²) in [5, 5.41) is 2.90. The van der Waals surface area contributed by atoms with Gasteiger partial charge in [0.25, 0.3) is 11.8 Å². The number of thioether (sulfide) groups is 1. The summed E-state index contributed by atoms with van der Waals surface area (Å²) in [5.41, 5.74) is 2.64. The predicted molar refractivity (Wildman–Crippen MR) is 132 cm³/mol. The van der Waals surface area contributed by atoms with Crippen LogP contribution in [0.5, 0.6) is 0 Å². The minimum absolute atomic E-state index is 0.101. The highest BCUT2D eigenvalue weighted by molar-refractivity contribution is 8.04. The quantitative estimate of drug-likeness (QED) is 0.346. The lowest BCUT2D eigenvalue weighted by atomic mass is 10.1. The topological polar surface area (TPSA) is 49.4 Å². The van der Waals surface area contributed by atoms with Crippen LogP contribution < -0.4 is 10.2 Å². The Morgan fingerprint density at radius 1 is 1.03 bits per heavy atom. The molecule has 0 saturated heterocycles. The molecule has 1 aliphatic rings. The van der Waals surface area contributed by atoms with Crippen molar-refractivity contribution in [3.63, 3.8) is 0 Å². The molecule has 0 bridgehead atoms. The monoisotopic (exact) mass is 460 g/mol. The number of benzene rings is 3. The van der Waals surface area contributed by atoms with Gasteiger partial charge in [-0.2, -0.15) is 0 Å². The van der Waals surface area contributed by atoms with E-state index in [-0.39, 0.29) is 24.2 Å². The highest BCUT2D eigenvalue weighted by atomic mass is 32.2. The Labute approximate surface area is 197 Å². The fraction of sp³-hybridized carbons (Fsp3) is 0.185. The second-order valence-corrected chi connectivity index (χ2v) is 8.88. The number of hydrogen-bond donors (Lipinski definition) is 1. The molecule has 168 valence electrons. The maximum Gasteiger partial charge on any atom is 0.265 e. The zero-order chi connectivity index (χ0) is 23.2. The second kappa shape index (κ2) is 10.5. The number of hydrogen-bond acceptors (Lipinski definition) is 3. The van der Waals surface area contributed by atoms with Gasteiger partial charge in [-0.3, -0.25) is 9.59 Å². The van der Waals surface area contributed by atoms with Crippen molar-refractivity contribution < 1.29 is 14.0 Å². The molecular weight excluding hydrogens is 435 g/mol. The summed E-state index contributed by atoms with van der Waals surface area (Å²) in [4.78, 5) is 28.7. The van der Waals surface area contributed by atoms with Crippen LogP contribution in [-0.4, -0.2) is 18.4 Å². The molecule has 2 amide bonds. The first-order valence-electron chi connectivity index (χ1n) is 11.0. The van der Waals surface area contributed by atoms with Gasteiger partial charge in [-0.25, -0.2) is 4.39 Å². The lowest BCUT2D eigenvalue weighted by molar-refractivity contribution is -0.114. The van der Waals surface area contributed by atoms with Crippen molar-refractivity contribution in [2.75, 3.05) is 11.4 Å². The maximum atomic E-state index is 14.3. The number of unbranched alkanes of at least 4 members (excludes halogenated alkanes) is 1. The maximum absolute atomic E-state index is 14.3. The summed E-state index contributed by atoms with van der Waals surface area (Å²) in [6.07, 6.45) is 3.78. The number of rotatable bonds is 7. The SMILES string of the molecule is CCCCNC(=O)c1ccc(/C=C2\Sc3ccccc3N(Cc3ccccc3F)C2=O)cc1. The first-order valence-corrected chi connectivity index (χ1v) is 11.8. The molecule has 3 aromatic rings. The Morgan fingerprint density at radius 2 is 1.76 bits per heavy atom. The van der Waals surface area contributed by atoms with Crippen molar-refractivity contribution in [1.29, 1.82) is 0 Å². The van der Waals surface area contributed by atoms with Gasteiger partial charge in [0.2, 0.25) is 0 Å². The number of fused-ring (bicyclic) bond motifs is 1. The zero-order valence-electron chi connectivity index (χ0n) is 18.4. The van der Waals surface area contributed by atoms with Gasteiger partial charge in [-0.05, 0) is 48.4 Å². The lowest BCUT2D eigenvalue weighted by Crippen LogP contribution is -2.34. The molecule has 3 aromatic carbocycles. The number of carbonyl (C=O) groups excluding carboxylic acids is 2. The largest absolute Gasteiger partial charge is 0.352 e. The fourth-order valence-corrected chi connectivity index (χ4v) is 4.64. The number of amides is 2. The van der Waals surface area contributed by atoms with Gasteiger partial charge in [0.15, 0.2) is 0 Å². The van der Waals surface area contributed by atoms with E-state index in [1.54, 1.807) is 35.2 Å². The Hall–Kier alpha value is -3.38. The van der Waals surface area contributed by atoms with Crippen LogP contribution in [0.4, 0.5) is 10.1 Å². The number of halogens is 1. The van der Waals surface area contributed by atoms with Crippen molar-refractivity contribution in [2.45, 2.75) is 31.2 Å². The third-order valence-electron chi connectivity index (χ3n) is 5.40. The Bertz CT molecular complexity index is 1190. The number of anilines is 1. The smallest absolute Gasteiger partial charge is 0.265 e. The average molecular weight is 461 g/mol. The number of nitrogens with one attached hydrogen (secondary N) is 1. The third kappa shape index (κ3) is 5.34. The van der Waals surface area contributed by atoms with Crippen molar-refractivity contribution in [3.8, 4) is 0 Å². The van der Waals surface area contributed by atoms with E-state index < -0.39 is 0 Å². The van der Waals surface area contributed by atoms with E-state index in [0.717, 1.165) is 29.0 Å². The summed E-state index contributed by atoms with van der Waals surface area (Å²) in [7, 11) is 0. The van der Waals surface area contributed by atoms with Crippen molar-refractivity contribution in [3.05, 3.63) is 100 Å². The summed E-state index contributed by atoms with van der Waals surface area (Å²) in [6, 6.07) is 21.3. The van der Waals surface area contributed by atoms with Crippen molar-refractivity contribution in [2.24, 2.45) is 0 Å². The summed E-state index contributed by atoms with van der Waals surface area (Å²) in [6.45, 7) is 2.88. The predicted octanol–water partition coefficient (Wildman–Crippen LogP) is 6.04. The van der Waals surface area contributed by atoms with Crippen LogP contribution in [0.2, 0.25) is 0 Å². The van der Waals surface area contributed by atoms with E-state index in [2.05, 4.69) is 12.2 Å². The molecule has 0 unspecified atom stereocenters. The molecule has 0 saturated carbocycles. The average Bonchev–Trinajstić information content (AvgIpc) is 2.83. The van der Waals surface area contributed by atoms with Crippen LogP contribution in [0.25, 0.3) is 6.08 Å². The molecule has 33 heavy (non-hydrogen) atoms. The highest BCUT2D eigenvalue weighted by Crippen LogP contribution is 2.42. The van der Waals surface area contributed by atoms with E-state index in [1.165, 1.54) is 17.8 Å². The molecule has 0 aromatic heterocycles. The Kier molecular flexibility index (Phi) is 7.25. The lowest BCUT2D eigenvalue weighted by Gasteiger charge is -2.30. The molecule has 0 aliphatic carbocycles. The third-order valence-corrected chi connectivity index (χ3v) is 6.48. The molecule has 4 nitrogen and oxygen atoms in total. The molecule has 1 aliphatic heterocycles. The Balaban J connectivity index is 1.58. The van der Waals surface area contributed by atoms with Crippen LogP contribution >= 0.6 is 11.8 Å².